The number of amides is 1. The molecule has 0 saturated carbocycles. The van der Waals surface area contributed by atoms with Gasteiger partial charge in [-0.05, 0) is 53.9 Å². The second kappa shape index (κ2) is 4.98. The van der Waals surface area contributed by atoms with Crippen molar-refractivity contribution in [3.8, 4) is 5.75 Å². The highest BCUT2D eigenvalue weighted by molar-refractivity contribution is 6.04. The first-order valence-electron chi connectivity index (χ1n) is 6.57. The van der Waals surface area contributed by atoms with Gasteiger partial charge in [0.15, 0.2) is 0 Å². The van der Waals surface area contributed by atoms with Crippen LogP contribution < -0.4 is 10.6 Å². The van der Waals surface area contributed by atoms with E-state index in [9.17, 15) is 9.90 Å². The molecule has 4 nitrogen and oxygen atoms in total. The Morgan fingerprint density at radius 3 is 2.75 bits per heavy atom. The second-order valence-electron chi connectivity index (χ2n) is 5.04. The van der Waals surface area contributed by atoms with Crippen molar-refractivity contribution < 1.29 is 9.90 Å². The van der Waals surface area contributed by atoms with Gasteiger partial charge in [0.25, 0.3) is 5.91 Å². The molecule has 1 amide bonds. The lowest BCUT2D eigenvalue weighted by Gasteiger charge is -2.08. The molecule has 0 atom stereocenters. The maximum Gasteiger partial charge on any atom is 0.255 e. The number of aryl methyl sites for hydroxylation is 1. The summed E-state index contributed by atoms with van der Waals surface area (Å²) in [7, 11) is 0. The molecule has 0 radical (unpaired) electrons. The van der Waals surface area contributed by atoms with E-state index in [1.165, 1.54) is 11.1 Å². The number of anilines is 1. The van der Waals surface area contributed by atoms with Crippen molar-refractivity contribution in [3.05, 3.63) is 58.7 Å². The van der Waals surface area contributed by atoms with Gasteiger partial charge in [-0.25, -0.2) is 0 Å². The topological polar surface area (TPSA) is 61.4 Å². The van der Waals surface area contributed by atoms with Crippen molar-refractivity contribution in [1.29, 1.82) is 0 Å². The average Bonchev–Trinajstić information content (AvgIpc) is 2.90. The molecule has 0 unspecified atom stereocenters. The molecule has 0 aromatic heterocycles. The van der Waals surface area contributed by atoms with Crippen molar-refractivity contribution in [3.63, 3.8) is 0 Å². The average molecular weight is 268 g/mol. The Hall–Kier alpha value is -2.33. The predicted octanol–water partition coefficient (Wildman–Crippen LogP) is 2.56. The number of carbonyl (C=O) groups excluding carboxylic acids is 1. The van der Waals surface area contributed by atoms with Gasteiger partial charge < -0.3 is 15.7 Å². The van der Waals surface area contributed by atoms with Gasteiger partial charge in [0.1, 0.15) is 5.75 Å². The molecule has 1 aliphatic heterocycles. The Morgan fingerprint density at radius 1 is 1.15 bits per heavy atom. The van der Waals surface area contributed by atoms with Crippen LogP contribution >= 0.6 is 0 Å². The van der Waals surface area contributed by atoms with Gasteiger partial charge in [0, 0.05) is 24.3 Å². The third kappa shape index (κ3) is 2.38. The monoisotopic (exact) mass is 268 g/mol. The zero-order valence-electron chi connectivity index (χ0n) is 11.2. The number of fused-ring (bicyclic) bond motifs is 1. The van der Waals surface area contributed by atoms with E-state index in [-0.39, 0.29) is 11.7 Å². The molecule has 0 aliphatic carbocycles. The molecule has 1 aliphatic rings. The van der Waals surface area contributed by atoms with Crippen molar-refractivity contribution in [2.24, 2.45) is 0 Å². The summed E-state index contributed by atoms with van der Waals surface area (Å²) in [6, 6.07) is 10.8. The predicted molar refractivity (Wildman–Crippen MR) is 77.8 cm³/mol. The summed E-state index contributed by atoms with van der Waals surface area (Å²) < 4.78 is 0. The summed E-state index contributed by atoms with van der Waals surface area (Å²) in [5, 5.41) is 15.6. The van der Waals surface area contributed by atoms with Crippen molar-refractivity contribution in [1.82, 2.24) is 5.32 Å². The minimum atomic E-state index is -0.134. The quantitative estimate of drug-likeness (QED) is 0.734. The molecule has 2 aromatic rings. The van der Waals surface area contributed by atoms with Crippen LogP contribution in [0, 0.1) is 6.92 Å². The number of nitrogens with one attached hydrogen (secondary N) is 2. The van der Waals surface area contributed by atoms with Gasteiger partial charge in [-0.2, -0.15) is 0 Å². The Labute approximate surface area is 117 Å². The largest absolute Gasteiger partial charge is 0.508 e. The maximum absolute atomic E-state index is 12.2. The molecule has 0 spiro atoms. The number of benzene rings is 2. The molecule has 1 heterocycles. The van der Waals surface area contributed by atoms with Gasteiger partial charge in [0.05, 0.1) is 0 Å². The second-order valence-corrected chi connectivity index (χ2v) is 5.04. The number of phenols is 1. The molecule has 4 heteroatoms. The number of rotatable bonds is 2. The van der Waals surface area contributed by atoms with E-state index in [0.717, 1.165) is 18.7 Å². The van der Waals surface area contributed by atoms with Crippen LogP contribution in [0.2, 0.25) is 0 Å². The van der Waals surface area contributed by atoms with Crippen LogP contribution in [0.3, 0.4) is 0 Å². The van der Waals surface area contributed by atoms with Crippen molar-refractivity contribution in [2.75, 3.05) is 5.32 Å². The Morgan fingerprint density at radius 2 is 1.95 bits per heavy atom. The third-order valence-corrected chi connectivity index (χ3v) is 3.55. The first-order valence-corrected chi connectivity index (χ1v) is 6.57. The Balaban J connectivity index is 1.80. The fourth-order valence-corrected chi connectivity index (χ4v) is 2.37. The maximum atomic E-state index is 12.2. The highest BCUT2D eigenvalue weighted by Gasteiger charge is 2.13. The molecular weight excluding hydrogens is 252 g/mol. The highest BCUT2D eigenvalue weighted by Crippen LogP contribution is 2.21. The lowest BCUT2D eigenvalue weighted by atomic mass is 10.1. The molecule has 0 fully saturated rings. The first kappa shape index (κ1) is 12.7. The zero-order valence-corrected chi connectivity index (χ0v) is 11.2. The van der Waals surface area contributed by atoms with E-state index in [2.05, 4.69) is 10.6 Å². The van der Waals surface area contributed by atoms with Gasteiger partial charge >= 0.3 is 0 Å². The summed E-state index contributed by atoms with van der Waals surface area (Å²) in [5.41, 5.74) is 4.50. The lowest BCUT2D eigenvalue weighted by Crippen LogP contribution is -2.12. The summed E-state index contributed by atoms with van der Waals surface area (Å²) in [5.74, 6) is 0.0939. The Kier molecular flexibility index (Phi) is 3.16. The van der Waals surface area contributed by atoms with Gasteiger partial charge in [-0.1, -0.05) is 6.07 Å². The normalized spacial score (nSPS) is 13.1. The minimum absolute atomic E-state index is 0.134. The number of phenolic OH excluding ortho intramolecular Hbond substituents is 1. The van der Waals surface area contributed by atoms with E-state index >= 15 is 0 Å². The molecule has 20 heavy (non-hydrogen) atoms. The summed E-state index contributed by atoms with van der Waals surface area (Å²) in [4.78, 5) is 12.2. The van der Waals surface area contributed by atoms with Gasteiger partial charge in [-0.3, -0.25) is 4.79 Å². The zero-order chi connectivity index (χ0) is 14.1. The summed E-state index contributed by atoms with van der Waals surface area (Å²) in [6.45, 7) is 3.48. The number of aromatic hydroxyl groups is 1. The number of hydrogen-bond acceptors (Lipinski definition) is 3. The molecule has 3 rings (SSSR count). The Bertz CT molecular complexity index is 680. The van der Waals surface area contributed by atoms with E-state index in [1.807, 2.05) is 18.2 Å². The SMILES string of the molecule is Cc1cc(NC(=O)c2ccc3c(c2)CNC3)ccc1O. The first-order chi connectivity index (χ1) is 9.63. The minimum Gasteiger partial charge on any atom is -0.508 e. The molecular formula is C16H16N2O2. The van der Waals surface area contributed by atoms with Gasteiger partial charge in [0.2, 0.25) is 0 Å². The fraction of sp³-hybridized carbons (Fsp3) is 0.188. The van der Waals surface area contributed by atoms with Crippen LogP contribution in [0.15, 0.2) is 36.4 Å². The summed E-state index contributed by atoms with van der Waals surface area (Å²) in [6.07, 6.45) is 0. The van der Waals surface area contributed by atoms with Crippen molar-refractivity contribution in [2.45, 2.75) is 20.0 Å². The smallest absolute Gasteiger partial charge is 0.255 e. The number of carbonyl (C=O) groups is 1. The highest BCUT2D eigenvalue weighted by atomic mass is 16.3. The van der Waals surface area contributed by atoms with Gasteiger partial charge in [-0.15, -0.1) is 0 Å². The fourth-order valence-electron chi connectivity index (χ4n) is 2.37. The summed E-state index contributed by atoms with van der Waals surface area (Å²) >= 11 is 0. The van der Waals surface area contributed by atoms with Crippen LogP contribution in [0.4, 0.5) is 5.69 Å². The molecule has 2 aromatic carbocycles. The van der Waals surface area contributed by atoms with Crippen LogP contribution in [-0.2, 0) is 13.1 Å². The van der Waals surface area contributed by atoms with Crippen LogP contribution in [0.1, 0.15) is 27.0 Å². The molecule has 102 valence electrons. The van der Waals surface area contributed by atoms with E-state index in [1.54, 1.807) is 25.1 Å². The van der Waals surface area contributed by atoms with Crippen LogP contribution in [0.25, 0.3) is 0 Å². The van der Waals surface area contributed by atoms with E-state index in [0.29, 0.717) is 11.3 Å². The van der Waals surface area contributed by atoms with Crippen LogP contribution in [0.5, 0.6) is 5.75 Å². The third-order valence-electron chi connectivity index (χ3n) is 3.55. The molecule has 0 bridgehead atoms. The molecule has 0 saturated heterocycles. The van der Waals surface area contributed by atoms with E-state index in [4.69, 9.17) is 0 Å². The number of hydrogen-bond donors (Lipinski definition) is 3. The van der Waals surface area contributed by atoms with E-state index < -0.39 is 0 Å². The lowest BCUT2D eigenvalue weighted by molar-refractivity contribution is 0.102. The molecule has 3 N–H and O–H groups in total. The van der Waals surface area contributed by atoms with Crippen molar-refractivity contribution >= 4 is 11.6 Å². The van der Waals surface area contributed by atoms with Crippen LogP contribution in [-0.4, -0.2) is 11.0 Å². The standard InChI is InChI=1S/C16H16N2O2/c1-10-6-14(4-5-15(10)19)18-16(20)11-2-3-12-8-17-9-13(12)7-11/h2-7,17,19H,8-9H2,1H3,(H,18,20).